The summed E-state index contributed by atoms with van der Waals surface area (Å²) in [5.41, 5.74) is 0.380. The van der Waals surface area contributed by atoms with E-state index >= 15 is 0 Å². The van der Waals surface area contributed by atoms with E-state index in [4.69, 9.17) is 18.9 Å². The molecule has 3 rings (SSSR count). The maximum absolute atomic E-state index is 12.3. The quantitative estimate of drug-likeness (QED) is 0.734. The molecule has 0 bridgehead atoms. The van der Waals surface area contributed by atoms with Crippen LogP contribution in [0.15, 0.2) is 35.5 Å². The van der Waals surface area contributed by atoms with Gasteiger partial charge in [0, 0.05) is 0 Å². The van der Waals surface area contributed by atoms with Crippen molar-refractivity contribution in [2.45, 2.75) is 26.0 Å². The minimum absolute atomic E-state index is 0.00391. The van der Waals surface area contributed by atoms with Gasteiger partial charge in [-0.15, -0.1) is 0 Å². The molecule has 2 heterocycles. The molecule has 2 aliphatic rings. The van der Waals surface area contributed by atoms with Crippen molar-refractivity contribution in [2.24, 2.45) is 0 Å². The van der Waals surface area contributed by atoms with Crippen molar-refractivity contribution in [1.29, 1.82) is 0 Å². The topological polar surface area (TPSA) is 112 Å². The van der Waals surface area contributed by atoms with Crippen LogP contribution in [0.5, 0.6) is 11.5 Å². The Morgan fingerprint density at radius 1 is 1.22 bits per heavy atom. The third kappa shape index (κ3) is 4.13. The van der Waals surface area contributed by atoms with Crippen molar-refractivity contribution in [3.05, 3.63) is 35.5 Å². The van der Waals surface area contributed by atoms with E-state index in [1.165, 1.54) is 0 Å². The number of ether oxygens (including phenoxy) is 4. The highest BCUT2D eigenvalue weighted by molar-refractivity contribution is 5.94. The van der Waals surface area contributed by atoms with Gasteiger partial charge in [0.1, 0.15) is 13.2 Å². The highest BCUT2D eigenvalue weighted by atomic mass is 16.6. The van der Waals surface area contributed by atoms with Crippen LogP contribution < -0.4 is 20.1 Å². The molecule has 0 fully saturated rings. The Morgan fingerprint density at radius 2 is 1.96 bits per heavy atom. The van der Waals surface area contributed by atoms with E-state index in [1.54, 1.807) is 38.1 Å². The van der Waals surface area contributed by atoms with Gasteiger partial charge in [0.15, 0.2) is 11.5 Å². The molecule has 0 saturated carbocycles. The Morgan fingerprint density at radius 3 is 2.70 bits per heavy atom. The summed E-state index contributed by atoms with van der Waals surface area (Å²) in [4.78, 5) is 36.2. The van der Waals surface area contributed by atoms with Crippen LogP contribution in [0.4, 0.5) is 4.79 Å². The first-order valence-corrected chi connectivity index (χ1v) is 8.52. The molecule has 27 heavy (non-hydrogen) atoms. The maximum atomic E-state index is 12.3. The van der Waals surface area contributed by atoms with Gasteiger partial charge >= 0.3 is 18.0 Å². The number of carbonyl (C=O) groups excluding carboxylic acids is 3. The lowest BCUT2D eigenvalue weighted by atomic mass is 10.0. The molecule has 0 aliphatic carbocycles. The molecule has 144 valence electrons. The summed E-state index contributed by atoms with van der Waals surface area (Å²) in [7, 11) is 0. The zero-order chi connectivity index (χ0) is 19.4. The van der Waals surface area contributed by atoms with Crippen LogP contribution in [0, 0.1) is 0 Å². The Bertz CT molecular complexity index is 790. The minimum Gasteiger partial charge on any atom is -0.485 e. The molecule has 2 N–H and O–H groups in total. The van der Waals surface area contributed by atoms with Crippen LogP contribution in [-0.2, 0) is 19.1 Å². The van der Waals surface area contributed by atoms with Gasteiger partial charge in [-0.05, 0) is 26.0 Å². The fraction of sp³-hybridized carbons (Fsp3) is 0.389. The number of benzene rings is 1. The van der Waals surface area contributed by atoms with E-state index < -0.39 is 30.1 Å². The lowest BCUT2D eigenvalue weighted by molar-refractivity contribution is -0.153. The van der Waals surface area contributed by atoms with E-state index in [1.807, 2.05) is 0 Å². The molecule has 1 aromatic rings. The van der Waals surface area contributed by atoms with Crippen molar-refractivity contribution < 1.29 is 33.3 Å². The van der Waals surface area contributed by atoms with Crippen molar-refractivity contribution >= 4 is 18.0 Å². The summed E-state index contributed by atoms with van der Waals surface area (Å²) >= 11 is 0. The Kier molecular flexibility index (Phi) is 5.49. The predicted octanol–water partition coefficient (Wildman–Crippen LogP) is 0.888. The van der Waals surface area contributed by atoms with Crippen LogP contribution in [0.2, 0.25) is 0 Å². The second-order valence-electron chi connectivity index (χ2n) is 5.90. The van der Waals surface area contributed by atoms with Gasteiger partial charge in [0.25, 0.3) is 0 Å². The van der Waals surface area contributed by atoms with E-state index in [9.17, 15) is 14.4 Å². The number of esters is 2. The molecule has 0 spiro atoms. The number of nitrogens with one attached hydrogen (secondary N) is 2. The molecule has 2 amide bonds. The summed E-state index contributed by atoms with van der Waals surface area (Å²) in [5.74, 6) is -0.260. The van der Waals surface area contributed by atoms with E-state index in [0.717, 1.165) is 0 Å². The SMILES string of the molecule is CCOC(=O)C1=C(COC(=O)[C@H]2COc3ccccc3O2)NC(=O)N[C@@H]1C. The van der Waals surface area contributed by atoms with Crippen LogP contribution in [0.1, 0.15) is 13.8 Å². The number of fused-ring (bicyclic) bond motifs is 1. The first-order chi connectivity index (χ1) is 13.0. The zero-order valence-electron chi connectivity index (χ0n) is 14.9. The summed E-state index contributed by atoms with van der Waals surface area (Å²) in [6.45, 7) is 3.21. The highest BCUT2D eigenvalue weighted by Gasteiger charge is 2.32. The maximum Gasteiger partial charge on any atom is 0.351 e. The molecule has 2 aliphatic heterocycles. The lowest BCUT2D eigenvalue weighted by Gasteiger charge is -2.27. The molecule has 1 aromatic carbocycles. The third-order valence-electron chi connectivity index (χ3n) is 4.00. The number of rotatable bonds is 5. The lowest BCUT2D eigenvalue weighted by Crippen LogP contribution is -2.50. The van der Waals surface area contributed by atoms with Crippen LogP contribution in [0.25, 0.3) is 0 Å². The van der Waals surface area contributed by atoms with Crippen LogP contribution >= 0.6 is 0 Å². The molecule has 0 radical (unpaired) electrons. The third-order valence-corrected chi connectivity index (χ3v) is 4.00. The van der Waals surface area contributed by atoms with Crippen LogP contribution in [0.3, 0.4) is 0 Å². The van der Waals surface area contributed by atoms with Gasteiger partial charge in [-0.2, -0.15) is 0 Å². The second kappa shape index (κ2) is 7.98. The van der Waals surface area contributed by atoms with Crippen molar-refractivity contribution in [1.82, 2.24) is 10.6 Å². The summed E-state index contributed by atoms with van der Waals surface area (Å²) < 4.78 is 21.3. The number of hydrogen-bond donors (Lipinski definition) is 2. The monoisotopic (exact) mass is 376 g/mol. The fourth-order valence-corrected chi connectivity index (χ4v) is 2.77. The number of amides is 2. The van der Waals surface area contributed by atoms with Gasteiger partial charge in [-0.25, -0.2) is 14.4 Å². The number of para-hydroxylation sites is 2. The molecular formula is C18H20N2O7. The predicted molar refractivity (Wildman–Crippen MR) is 92.1 cm³/mol. The van der Waals surface area contributed by atoms with Crippen LogP contribution in [-0.4, -0.2) is 49.9 Å². The average Bonchev–Trinajstić information content (AvgIpc) is 2.65. The van der Waals surface area contributed by atoms with Gasteiger partial charge in [0.2, 0.25) is 6.10 Å². The molecule has 0 aromatic heterocycles. The molecule has 9 nitrogen and oxygen atoms in total. The van der Waals surface area contributed by atoms with Crippen molar-refractivity contribution in [3.8, 4) is 11.5 Å². The summed E-state index contributed by atoms with van der Waals surface area (Å²) in [6, 6.07) is 5.91. The molecule has 2 atom stereocenters. The van der Waals surface area contributed by atoms with Gasteiger partial charge in [0.05, 0.1) is 23.9 Å². The number of urea groups is 1. The zero-order valence-corrected chi connectivity index (χ0v) is 14.9. The fourth-order valence-electron chi connectivity index (χ4n) is 2.77. The largest absolute Gasteiger partial charge is 0.485 e. The Labute approximate surface area is 155 Å². The summed E-state index contributed by atoms with van der Waals surface area (Å²) in [6.07, 6.45) is -0.943. The van der Waals surface area contributed by atoms with E-state index in [-0.39, 0.29) is 31.1 Å². The summed E-state index contributed by atoms with van der Waals surface area (Å²) in [5, 5.41) is 5.06. The van der Waals surface area contributed by atoms with Crippen molar-refractivity contribution in [2.75, 3.05) is 19.8 Å². The van der Waals surface area contributed by atoms with E-state index in [2.05, 4.69) is 10.6 Å². The Balaban J connectivity index is 1.68. The number of carbonyl (C=O) groups is 3. The second-order valence-corrected chi connectivity index (χ2v) is 5.90. The molecule has 0 unspecified atom stereocenters. The molecular weight excluding hydrogens is 356 g/mol. The standard InChI is InChI=1S/C18H20N2O7/c1-3-24-17(22)15-10(2)19-18(23)20-11(15)8-26-16(21)14-9-25-12-6-4-5-7-13(12)27-14/h4-7,10,14H,3,8-9H2,1-2H3,(H2,19,20,23)/t10-,14-/m1/s1. The van der Waals surface area contributed by atoms with E-state index in [0.29, 0.717) is 11.5 Å². The smallest absolute Gasteiger partial charge is 0.351 e. The first kappa shape index (κ1) is 18.6. The van der Waals surface area contributed by atoms with Gasteiger partial charge in [-0.3, -0.25) is 0 Å². The van der Waals surface area contributed by atoms with Crippen molar-refractivity contribution in [3.63, 3.8) is 0 Å². The molecule has 9 heteroatoms. The highest BCUT2D eigenvalue weighted by Crippen LogP contribution is 2.31. The Hall–Kier alpha value is -3.23. The van der Waals surface area contributed by atoms with Gasteiger partial charge in [-0.1, -0.05) is 12.1 Å². The normalized spacial score (nSPS) is 21.0. The molecule has 0 saturated heterocycles. The average molecular weight is 376 g/mol. The first-order valence-electron chi connectivity index (χ1n) is 8.52. The van der Waals surface area contributed by atoms with Gasteiger partial charge < -0.3 is 29.6 Å². The minimum atomic E-state index is -0.943. The number of hydrogen-bond acceptors (Lipinski definition) is 7.